The molecule has 4 rings (SSSR count). The lowest BCUT2D eigenvalue weighted by molar-refractivity contribution is -0.120. The highest BCUT2D eigenvalue weighted by atomic mass is 16.5. The number of benzene rings is 2. The number of nitrogens with one attached hydrogen (secondary N) is 1. The first-order valence-electron chi connectivity index (χ1n) is 11.0. The summed E-state index contributed by atoms with van der Waals surface area (Å²) in [5.41, 5.74) is 6.31. The maximum atomic E-state index is 11.1. The van der Waals surface area contributed by atoms with Crippen molar-refractivity contribution >= 4 is 19.6 Å². The van der Waals surface area contributed by atoms with E-state index in [0.717, 1.165) is 17.9 Å². The Balaban J connectivity index is 0.000000238. The predicted octanol–water partition coefficient (Wildman–Crippen LogP) is 3.57. The lowest BCUT2D eigenvalue weighted by Crippen LogP contribution is -2.24. The summed E-state index contributed by atoms with van der Waals surface area (Å²) < 4.78 is 5.30. The summed E-state index contributed by atoms with van der Waals surface area (Å²) in [5, 5.41) is 9.23. The number of amides is 1. The minimum atomic E-state index is 0.0590. The Morgan fingerprint density at radius 3 is 2.55 bits per heavy atom. The molecule has 2 heterocycles. The number of anilines is 1. The molecule has 1 amide bonds. The lowest BCUT2D eigenvalue weighted by atomic mass is 9.96. The molecule has 1 aliphatic rings. The summed E-state index contributed by atoms with van der Waals surface area (Å²) in [6, 6.07) is 18.7. The van der Waals surface area contributed by atoms with Gasteiger partial charge in [0.15, 0.2) is 0 Å². The topological polar surface area (TPSA) is 74.7 Å². The molecule has 0 unspecified atom stereocenters. The van der Waals surface area contributed by atoms with Crippen molar-refractivity contribution in [3.8, 4) is 16.9 Å². The van der Waals surface area contributed by atoms with Gasteiger partial charge in [0.25, 0.3) is 8.05 Å². The molecule has 0 fully saturated rings. The molecule has 1 aliphatic heterocycles. The second-order valence-electron chi connectivity index (χ2n) is 7.59. The van der Waals surface area contributed by atoms with Gasteiger partial charge in [-0.05, 0) is 78.4 Å². The molecule has 0 aliphatic carbocycles. The van der Waals surface area contributed by atoms with Gasteiger partial charge in [-0.15, -0.1) is 0 Å². The van der Waals surface area contributed by atoms with E-state index in [-0.39, 0.29) is 5.91 Å². The molecule has 0 atom stereocenters. The van der Waals surface area contributed by atoms with Crippen LogP contribution in [0.15, 0.2) is 67.0 Å². The van der Waals surface area contributed by atoms with Gasteiger partial charge in [0, 0.05) is 38.2 Å². The van der Waals surface area contributed by atoms with E-state index >= 15 is 0 Å². The van der Waals surface area contributed by atoms with Gasteiger partial charge in [0.2, 0.25) is 5.91 Å². The zero-order valence-electron chi connectivity index (χ0n) is 19.6. The van der Waals surface area contributed by atoms with Crippen molar-refractivity contribution in [1.82, 2.24) is 10.3 Å². The summed E-state index contributed by atoms with van der Waals surface area (Å²) in [6.07, 6.45) is 6.24. The number of nitrogens with zero attached hydrogens (tertiary/aromatic N) is 2. The molecule has 2 radical (unpaired) electrons. The Morgan fingerprint density at radius 1 is 1.12 bits per heavy atom. The fourth-order valence-electron chi connectivity index (χ4n) is 3.71. The van der Waals surface area contributed by atoms with Gasteiger partial charge in [-0.2, -0.15) is 0 Å². The van der Waals surface area contributed by atoms with E-state index in [2.05, 4.69) is 60.6 Å². The van der Waals surface area contributed by atoms with Crippen LogP contribution in [0.3, 0.4) is 0 Å². The van der Waals surface area contributed by atoms with E-state index < -0.39 is 0 Å². The fourth-order valence-corrected chi connectivity index (χ4v) is 3.71. The third-order valence-electron chi connectivity index (χ3n) is 5.32. The van der Waals surface area contributed by atoms with E-state index in [9.17, 15) is 4.79 Å². The van der Waals surface area contributed by atoms with Crippen LogP contribution in [-0.4, -0.2) is 51.2 Å². The first-order chi connectivity index (χ1) is 16.1. The molecular formula is C26H32BN3O3. The second-order valence-corrected chi connectivity index (χ2v) is 7.59. The second kappa shape index (κ2) is 14.0. The number of pyridine rings is 1. The Hall–Kier alpha value is -3.32. The van der Waals surface area contributed by atoms with Crippen LogP contribution in [-0.2, 0) is 17.6 Å². The van der Waals surface area contributed by atoms with Crippen molar-refractivity contribution in [3.63, 3.8) is 0 Å². The fraction of sp³-hybridized carbons (Fsp3) is 0.308. The summed E-state index contributed by atoms with van der Waals surface area (Å²) in [7, 11) is 7.38. The molecule has 7 heteroatoms. The smallest absolute Gasteiger partial charge is 0.277 e. The van der Waals surface area contributed by atoms with Gasteiger partial charge in [0.1, 0.15) is 5.75 Å². The van der Waals surface area contributed by atoms with E-state index in [0.29, 0.717) is 13.0 Å². The highest BCUT2D eigenvalue weighted by Crippen LogP contribution is 2.31. The van der Waals surface area contributed by atoms with Crippen LogP contribution in [0.25, 0.3) is 11.1 Å². The van der Waals surface area contributed by atoms with E-state index in [1.807, 2.05) is 31.2 Å². The normalized spacial score (nSPS) is 11.7. The number of hydrogen-bond donors (Lipinski definition) is 2. The first kappa shape index (κ1) is 25.9. The zero-order chi connectivity index (χ0) is 24.1. The van der Waals surface area contributed by atoms with E-state index in [1.165, 1.54) is 35.2 Å². The van der Waals surface area contributed by atoms with Gasteiger partial charge in [-0.3, -0.25) is 9.78 Å². The van der Waals surface area contributed by atoms with Gasteiger partial charge < -0.3 is 20.0 Å². The number of carbonyl (C=O) groups excluding carboxylic acids is 1. The van der Waals surface area contributed by atoms with Crippen LogP contribution in [0.2, 0.25) is 0 Å². The number of carbonyl (C=O) groups is 1. The highest BCUT2D eigenvalue weighted by Gasteiger charge is 2.14. The minimum Gasteiger partial charge on any atom is -0.497 e. The number of aromatic nitrogens is 1. The Bertz CT molecular complexity index is 999. The van der Waals surface area contributed by atoms with E-state index in [1.54, 1.807) is 19.5 Å². The van der Waals surface area contributed by atoms with Gasteiger partial charge in [-0.25, -0.2) is 0 Å². The number of fused-ring (bicyclic) bond motifs is 1. The molecule has 0 bridgehead atoms. The molecule has 0 spiro atoms. The average Bonchev–Trinajstić information content (AvgIpc) is 2.86. The average molecular weight is 445 g/mol. The van der Waals surface area contributed by atoms with Crippen molar-refractivity contribution in [2.24, 2.45) is 0 Å². The number of rotatable bonds is 5. The Kier molecular flexibility index (Phi) is 11.0. The van der Waals surface area contributed by atoms with Crippen molar-refractivity contribution < 1.29 is 14.6 Å². The first-order valence-corrected chi connectivity index (χ1v) is 11.0. The standard InChI is InChI=1S/C17H19NO.C9H12N2O.BHO/c1-18-10-4-6-15-11-14(8-9-17(15)18)13-5-3-7-16(12-13)19-2;1-2-11-9(12)7-8-3-5-10-6-4-8;1-2/h3,5,7-9,11-12H,4,6,10H2,1-2H3;3-6H,2,7H2,1H3,(H,11,12);2H. The summed E-state index contributed by atoms with van der Waals surface area (Å²) in [5.74, 6) is 0.969. The Morgan fingerprint density at radius 2 is 1.85 bits per heavy atom. The number of aryl methyl sites for hydroxylation is 1. The molecule has 2 aromatic carbocycles. The predicted molar refractivity (Wildman–Crippen MR) is 135 cm³/mol. The number of ether oxygens (including phenoxy) is 1. The molecule has 2 N–H and O–H groups in total. The Labute approximate surface area is 198 Å². The monoisotopic (exact) mass is 445 g/mol. The van der Waals surface area contributed by atoms with Crippen LogP contribution in [0.1, 0.15) is 24.5 Å². The number of likely N-dealkylation sites (N-methyl/N-ethyl adjacent to an activating group) is 1. The molecule has 6 nitrogen and oxygen atoms in total. The molecule has 1 aromatic heterocycles. The van der Waals surface area contributed by atoms with Gasteiger partial charge >= 0.3 is 0 Å². The van der Waals surface area contributed by atoms with Gasteiger partial charge in [0.05, 0.1) is 13.5 Å². The van der Waals surface area contributed by atoms with Crippen LogP contribution < -0.4 is 15.0 Å². The summed E-state index contributed by atoms with van der Waals surface area (Å²) in [6.45, 7) is 3.75. The quantitative estimate of drug-likeness (QED) is 0.588. The third-order valence-corrected chi connectivity index (χ3v) is 5.32. The van der Waals surface area contributed by atoms with Crippen LogP contribution in [0.5, 0.6) is 5.75 Å². The van der Waals surface area contributed by atoms with Gasteiger partial charge in [-0.1, -0.05) is 18.2 Å². The van der Waals surface area contributed by atoms with E-state index in [4.69, 9.17) is 9.76 Å². The molecule has 172 valence electrons. The molecule has 3 aromatic rings. The lowest BCUT2D eigenvalue weighted by Gasteiger charge is -2.27. The van der Waals surface area contributed by atoms with Crippen LogP contribution >= 0.6 is 0 Å². The van der Waals surface area contributed by atoms with Crippen molar-refractivity contribution in [1.29, 1.82) is 0 Å². The van der Waals surface area contributed by atoms with Crippen LogP contribution in [0.4, 0.5) is 5.69 Å². The maximum absolute atomic E-state index is 11.1. The number of methoxy groups -OCH3 is 1. The maximum Gasteiger partial charge on any atom is 0.277 e. The van der Waals surface area contributed by atoms with Crippen molar-refractivity contribution in [3.05, 3.63) is 78.1 Å². The molecule has 0 saturated heterocycles. The summed E-state index contributed by atoms with van der Waals surface area (Å²) >= 11 is 0. The molecule has 0 saturated carbocycles. The molecule has 33 heavy (non-hydrogen) atoms. The third kappa shape index (κ3) is 7.95. The highest BCUT2D eigenvalue weighted by molar-refractivity contribution is 5.95. The zero-order valence-corrected chi connectivity index (χ0v) is 19.6. The molecular weight excluding hydrogens is 413 g/mol. The number of hydrogen-bond acceptors (Lipinski definition) is 5. The minimum absolute atomic E-state index is 0.0590. The SMILES string of the molecule is CCNC(=O)Cc1ccncc1.COc1cccc(-c2ccc3c(c2)CCCN3C)c1.[B]O. The summed E-state index contributed by atoms with van der Waals surface area (Å²) in [4.78, 5) is 17.3. The van der Waals surface area contributed by atoms with Crippen molar-refractivity contribution in [2.45, 2.75) is 26.2 Å². The van der Waals surface area contributed by atoms with Crippen LogP contribution in [0, 0.1) is 0 Å². The van der Waals surface area contributed by atoms with Crippen molar-refractivity contribution in [2.75, 3.05) is 32.1 Å². The largest absolute Gasteiger partial charge is 0.497 e.